The van der Waals surface area contributed by atoms with Gasteiger partial charge in [0.05, 0.1) is 13.2 Å². The molecule has 16 heavy (non-hydrogen) atoms. The van der Waals surface area contributed by atoms with Crippen LogP contribution >= 0.6 is 0 Å². The Kier molecular flexibility index (Phi) is 2.96. The molecule has 1 aromatic carbocycles. The summed E-state index contributed by atoms with van der Waals surface area (Å²) in [7, 11) is 1.24. The van der Waals surface area contributed by atoms with Crippen molar-refractivity contribution in [3.05, 3.63) is 23.8 Å². The van der Waals surface area contributed by atoms with Gasteiger partial charge in [0.25, 0.3) is 0 Å². The van der Waals surface area contributed by atoms with Crippen molar-refractivity contribution < 1.29 is 24.1 Å². The summed E-state index contributed by atoms with van der Waals surface area (Å²) < 4.78 is 14.7. The van der Waals surface area contributed by atoms with Crippen molar-refractivity contribution in [2.24, 2.45) is 0 Å². The molecule has 0 radical (unpaired) electrons. The zero-order valence-corrected chi connectivity index (χ0v) is 8.80. The molecule has 86 valence electrons. The van der Waals surface area contributed by atoms with Crippen molar-refractivity contribution >= 4 is 6.16 Å². The molecule has 1 unspecified atom stereocenters. The van der Waals surface area contributed by atoms with Crippen LogP contribution in [0.1, 0.15) is 5.56 Å². The van der Waals surface area contributed by atoms with E-state index in [9.17, 15) is 9.90 Å². The quantitative estimate of drug-likeness (QED) is 0.572. The third kappa shape index (κ3) is 2.09. The average Bonchev–Trinajstić information content (AvgIpc) is 2.28. The van der Waals surface area contributed by atoms with E-state index in [1.165, 1.54) is 7.11 Å². The molecule has 1 heterocycles. The van der Waals surface area contributed by atoms with Gasteiger partial charge in [0.2, 0.25) is 0 Å². The van der Waals surface area contributed by atoms with Gasteiger partial charge in [-0.1, -0.05) is 12.1 Å². The number of hydrogen-bond donors (Lipinski definition) is 1. The number of hydrogen-bond acceptors (Lipinski definition) is 5. The second-order valence-corrected chi connectivity index (χ2v) is 3.47. The summed E-state index contributed by atoms with van der Waals surface area (Å²) in [5, 5.41) is 9.42. The topological polar surface area (TPSA) is 65.0 Å². The first-order valence-corrected chi connectivity index (χ1v) is 4.89. The smallest absolute Gasteiger partial charge is 0.487 e. The van der Waals surface area contributed by atoms with Crippen molar-refractivity contribution in [3.8, 4) is 11.5 Å². The molecule has 0 fully saturated rings. The number of carbonyl (C=O) groups excluding carboxylic acids is 1. The Hall–Kier alpha value is -1.75. The molecule has 0 aliphatic carbocycles. The molecular weight excluding hydrogens is 212 g/mol. The van der Waals surface area contributed by atoms with E-state index in [1.54, 1.807) is 12.1 Å². The Labute approximate surface area is 92.5 Å². The minimum Gasteiger partial charge on any atom is -0.487 e. The molecule has 0 saturated heterocycles. The fraction of sp³-hybridized carbons (Fsp3) is 0.364. The van der Waals surface area contributed by atoms with E-state index in [0.717, 1.165) is 5.56 Å². The largest absolute Gasteiger partial charge is 0.513 e. The van der Waals surface area contributed by atoms with Gasteiger partial charge >= 0.3 is 6.16 Å². The van der Waals surface area contributed by atoms with E-state index in [2.05, 4.69) is 4.74 Å². The normalized spacial score (nSPS) is 18.2. The maximum atomic E-state index is 11.0. The molecule has 1 aromatic rings. The van der Waals surface area contributed by atoms with Crippen LogP contribution in [0.3, 0.4) is 0 Å². The molecule has 1 aliphatic heterocycles. The number of aliphatic hydroxyl groups excluding tert-OH is 1. The second kappa shape index (κ2) is 4.40. The van der Waals surface area contributed by atoms with Gasteiger partial charge in [-0.15, -0.1) is 0 Å². The molecular formula is C11H12O5. The predicted octanol–water partition coefficient (Wildman–Crippen LogP) is 1.13. The highest BCUT2D eigenvalue weighted by Gasteiger charge is 2.22. The molecule has 2 rings (SSSR count). The number of fused-ring (bicyclic) bond motifs is 1. The van der Waals surface area contributed by atoms with Gasteiger partial charge in [-0.05, 0) is 6.07 Å². The fourth-order valence-corrected chi connectivity index (χ4v) is 1.59. The van der Waals surface area contributed by atoms with Crippen LogP contribution < -0.4 is 9.47 Å². The summed E-state index contributed by atoms with van der Waals surface area (Å²) in [6, 6.07) is 5.17. The van der Waals surface area contributed by atoms with Gasteiger partial charge in [0, 0.05) is 12.0 Å². The van der Waals surface area contributed by atoms with Gasteiger partial charge in [-0.2, -0.15) is 0 Å². The highest BCUT2D eigenvalue weighted by atomic mass is 16.7. The van der Waals surface area contributed by atoms with Crippen LogP contribution in [0, 0.1) is 0 Å². The zero-order chi connectivity index (χ0) is 11.5. The minimum absolute atomic E-state index is 0.203. The highest BCUT2D eigenvalue weighted by molar-refractivity contribution is 5.66. The SMILES string of the molecule is COC(=O)Oc1cccc2c1OCC(O)C2. The lowest BCUT2D eigenvalue weighted by Crippen LogP contribution is -2.26. The van der Waals surface area contributed by atoms with Crippen molar-refractivity contribution in [2.45, 2.75) is 12.5 Å². The number of ether oxygens (including phenoxy) is 3. The first-order valence-electron chi connectivity index (χ1n) is 4.89. The van der Waals surface area contributed by atoms with Crippen LogP contribution in [0.25, 0.3) is 0 Å². The molecule has 1 aliphatic rings. The van der Waals surface area contributed by atoms with E-state index in [4.69, 9.17) is 9.47 Å². The van der Waals surface area contributed by atoms with Crippen LogP contribution in [0.2, 0.25) is 0 Å². The lowest BCUT2D eigenvalue weighted by Gasteiger charge is -2.22. The Morgan fingerprint density at radius 2 is 2.38 bits per heavy atom. The lowest BCUT2D eigenvalue weighted by atomic mass is 10.0. The highest BCUT2D eigenvalue weighted by Crippen LogP contribution is 2.34. The van der Waals surface area contributed by atoms with Crippen LogP contribution in [0.15, 0.2) is 18.2 Å². The predicted molar refractivity (Wildman–Crippen MR) is 54.7 cm³/mol. The number of carbonyl (C=O) groups is 1. The Balaban J connectivity index is 2.26. The molecule has 0 amide bonds. The molecule has 0 bridgehead atoms. The number of benzene rings is 1. The standard InChI is InChI=1S/C11H12O5/c1-14-11(13)16-9-4-2-3-7-5-8(12)6-15-10(7)9/h2-4,8,12H,5-6H2,1H3. The summed E-state index contributed by atoms with van der Waals surface area (Å²) >= 11 is 0. The first kappa shape index (κ1) is 10.8. The zero-order valence-electron chi connectivity index (χ0n) is 8.80. The van der Waals surface area contributed by atoms with Gasteiger partial charge in [-0.25, -0.2) is 4.79 Å². The molecule has 0 aromatic heterocycles. The lowest BCUT2D eigenvalue weighted by molar-refractivity contribution is 0.0867. The van der Waals surface area contributed by atoms with E-state index < -0.39 is 12.3 Å². The molecule has 5 heteroatoms. The third-order valence-corrected chi connectivity index (χ3v) is 2.30. The van der Waals surface area contributed by atoms with E-state index >= 15 is 0 Å². The Morgan fingerprint density at radius 3 is 3.12 bits per heavy atom. The van der Waals surface area contributed by atoms with Gasteiger partial charge in [-0.3, -0.25) is 0 Å². The average molecular weight is 224 g/mol. The molecule has 0 saturated carbocycles. The van der Waals surface area contributed by atoms with Gasteiger partial charge < -0.3 is 19.3 Å². The number of para-hydroxylation sites is 1. The first-order chi connectivity index (χ1) is 7.70. The van der Waals surface area contributed by atoms with E-state index in [-0.39, 0.29) is 6.61 Å². The summed E-state index contributed by atoms with van der Waals surface area (Å²) in [5.74, 6) is 0.814. The van der Waals surface area contributed by atoms with Gasteiger partial charge in [0.1, 0.15) is 6.61 Å². The van der Waals surface area contributed by atoms with Crippen molar-refractivity contribution in [1.82, 2.24) is 0 Å². The fourth-order valence-electron chi connectivity index (χ4n) is 1.59. The van der Waals surface area contributed by atoms with Crippen LogP contribution in [0.4, 0.5) is 4.79 Å². The number of rotatable bonds is 1. The summed E-state index contributed by atoms with van der Waals surface area (Å²) in [4.78, 5) is 11.0. The molecule has 5 nitrogen and oxygen atoms in total. The van der Waals surface area contributed by atoms with Crippen molar-refractivity contribution in [2.75, 3.05) is 13.7 Å². The summed E-state index contributed by atoms with van der Waals surface area (Å²) in [6.45, 7) is 0.203. The third-order valence-electron chi connectivity index (χ3n) is 2.30. The van der Waals surface area contributed by atoms with Crippen LogP contribution in [0.5, 0.6) is 11.5 Å². The summed E-state index contributed by atoms with van der Waals surface area (Å²) in [5.41, 5.74) is 0.820. The van der Waals surface area contributed by atoms with Crippen LogP contribution in [-0.4, -0.2) is 31.1 Å². The Morgan fingerprint density at radius 1 is 1.56 bits per heavy atom. The van der Waals surface area contributed by atoms with E-state index in [0.29, 0.717) is 17.9 Å². The summed E-state index contributed by atoms with van der Waals surface area (Å²) in [6.07, 6.45) is -0.808. The van der Waals surface area contributed by atoms with E-state index in [1.807, 2.05) is 6.07 Å². The molecule has 1 N–H and O–H groups in total. The maximum absolute atomic E-state index is 11.0. The molecule has 1 atom stereocenters. The number of methoxy groups -OCH3 is 1. The monoisotopic (exact) mass is 224 g/mol. The van der Waals surface area contributed by atoms with Crippen molar-refractivity contribution in [1.29, 1.82) is 0 Å². The maximum Gasteiger partial charge on any atom is 0.513 e. The molecule has 0 spiro atoms. The van der Waals surface area contributed by atoms with Gasteiger partial charge in [0.15, 0.2) is 11.5 Å². The minimum atomic E-state index is -0.789. The Bertz CT molecular complexity index is 401. The number of aliphatic hydroxyl groups is 1. The van der Waals surface area contributed by atoms with Crippen molar-refractivity contribution in [3.63, 3.8) is 0 Å². The van der Waals surface area contributed by atoms with Crippen LogP contribution in [-0.2, 0) is 11.2 Å². The second-order valence-electron chi connectivity index (χ2n) is 3.47.